The average Bonchev–Trinajstić information content (AvgIpc) is 2.42. The number of aromatic nitrogens is 1. The average molecular weight is 321 g/mol. The van der Waals surface area contributed by atoms with E-state index in [4.69, 9.17) is 4.74 Å². The van der Waals surface area contributed by atoms with Gasteiger partial charge < -0.3 is 4.74 Å². The lowest BCUT2D eigenvalue weighted by atomic mass is 10.2. The highest BCUT2D eigenvalue weighted by atomic mass is 79.9. The van der Waals surface area contributed by atoms with Gasteiger partial charge in [0.1, 0.15) is 0 Å². The molecule has 0 atom stereocenters. The minimum Gasteiger partial charge on any atom is -0.481 e. The Balaban J connectivity index is 1.97. The van der Waals surface area contributed by atoms with Crippen molar-refractivity contribution in [1.29, 1.82) is 0 Å². The summed E-state index contributed by atoms with van der Waals surface area (Å²) in [5.74, 6) is 0.650. The van der Waals surface area contributed by atoms with E-state index >= 15 is 0 Å². The molecule has 0 saturated heterocycles. The predicted octanol–water partition coefficient (Wildman–Crippen LogP) is 3.48. The maximum Gasteiger partial charge on any atom is 0.212 e. The standard InChI is InChI=1S/C15H17BrN2O/c1-18(11-13-5-3-4-6-14(13)16)10-12-7-8-15(19-2)17-9-12/h3-9H,10-11H2,1-2H3. The van der Waals surface area contributed by atoms with Crippen molar-refractivity contribution in [2.45, 2.75) is 13.1 Å². The lowest BCUT2D eigenvalue weighted by Gasteiger charge is -2.17. The Hall–Kier alpha value is -1.39. The van der Waals surface area contributed by atoms with Gasteiger partial charge in [-0.2, -0.15) is 0 Å². The molecular formula is C15H17BrN2O. The van der Waals surface area contributed by atoms with Crippen LogP contribution in [0.1, 0.15) is 11.1 Å². The van der Waals surface area contributed by atoms with E-state index < -0.39 is 0 Å². The van der Waals surface area contributed by atoms with Crippen molar-refractivity contribution < 1.29 is 4.74 Å². The fraction of sp³-hybridized carbons (Fsp3) is 0.267. The summed E-state index contributed by atoms with van der Waals surface area (Å²) in [6.07, 6.45) is 1.86. The summed E-state index contributed by atoms with van der Waals surface area (Å²) in [4.78, 5) is 6.47. The first-order chi connectivity index (χ1) is 9.19. The summed E-state index contributed by atoms with van der Waals surface area (Å²) in [6.45, 7) is 1.76. The number of nitrogens with zero attached hydrogens (tertiary/aromatic N) is 2. The predicted molar refractivity (Wildman–Crippen MR) is 80.1 cm³/mol. The smallest absolute Gasteiger partial charge is 0.212 e. The van der Waals surface area contributed by atoms with Crippen LogP contribution < -0.4 is 4.74 Å². The van der Waals surface area contributed by atoms with Gasteiger partial charge in [-0.1, -0.05) is 40.2 Å². The van der Waals surface area contributed by atoms with E-state index in [9.17, 15) is 0 Å². The second kappa shape index (κ2) is 6.68. The Morgan fingerprint density at radius 2 is 1.95 bits per heavy atom. The fourth-order valence-electron chi connectivity index (χ4n) is 1.91. The monoisotopic (exact) mass is 320 g/mol. The molecule has 0 radical (unpaired) electrons. The molecule has 0 unspecified atom stereocenters. The van der Waals surface area contributed by atoms with Crippen molar-refractivity contribution in [2.24, 2.45) is 0 Å². The third kappa shape index (κ3) is 4.04. The Morgan fingerprint density at radius 1 is 1.16 bits per heavy atom. The highest BCUT2D eigenvalue weighted by Gasteiger charge is 2.05. The number of halogens is 1. The van der Waals surface area contributed by atoms with Crippen LogP contribution in [0.5, 0.6) is 5.88 Å². The lowest BCUT2D eigenvalue weighted by Crippen LogP contribution is -2.17. The van der Waals surface area contributed by atoms with E-state index in [1.165, 1.54) is 11.1 Å². The molecule has 0 aliphatic rings. The van der Waals surface area contributed by atoms with Crippen molar-refractivity contribution in [3.63, 3.8) is 0 Å². The minimum atomic E-state index is 0.650. The zero-order valence-corrected chi connectivity index (χ0v) is 12.7. The Morgan fingerprint density at radius 3 is 2.58 bits per heavy atom. The highest BCUT2D eigenvalue weighted by Crippen LogP contribution is 2.18. The van der Waals surface area contributed by atoms with Crippen LogP contribution in [0, 0.1) is 0 Å². The van der Waals surface area contributed by atoms with Crippen molar-refractivity contribution >= 4 is 15.9 Å². The molecule has 0 bridgehead atoms. The van der Waals surface area contributed by atoms with Gasteiger partial charge in [0, 0.05) is 29.8 Å². The SMILES string of the molecule is COc1ccc(CN(C)Cc2ccccc2Br)cn1. The fourth-order valence-corrected chi connectivity index (χ4v) is 2.32. The quantitative estimate of drug-likeness (QED) is 0.843. The Kier molecular flexibility index (Phi) is 4.93. The summed E-state index contributed by atoms with van der Waals surface area (Å²) in [7, 11) is 3.73. The normalized spacial score (nSPS) is 10.7. The van der Waals surface area contributed by atoms with Crippen LogP contribution in [0.2, 0.25) is 0 Å². The van der Waals surface area contributed by atoms with Crippen molar-refractivity contribution in [3.05, 3.63) is 58.2 Å². The van der Waals surface area contributed by atoms with E-state index in [0.29, 0.717) is 5.88 Å². The molecule has 0 fully saturated rings. The topological polar surface area (TPSA) is 25.4 Å². The van der Waals surface area contributed by atoms with Gasteiger partial charge in [0.15, 0.2) is 0 Å². The molecule has 0 aliphatic carbocycles. The zero-order valence-electron chi connectivity index (χ0n) is 11.1. The molecule has 19 heavy (non-hydrogen) atoms. The van der Waals surface area contributed by atoms with Crippen LogP contribution in [0.4, 0.5) is 0 Å². The number of pyridine rings is 1. The van der Waals surface area contributed by atoms with Crippen molar-refractivity contribution in [3.8, 4) is 5.88 Å². The molecule has 0 saturated carbocycles. The summed E-state index contributed by atoms with van der Waals surface area (Å²) in [6, 6.07) is 12.2. The number of methoxy groups -OCH3 is 1. The number of hydrogen-bond donors (Lipinski definition) is 0. The van der Waals surface area contributed by atoms with Crippen LogP contribution in [0.3, 0.4) is 0 Å². The van der Waals surface area contributed by atoms with Crippen LogP contribution in [-0.2, 0) is 13.1 Å². The van der Waals surface area contributed by atoms with E-state index in [0.717, 1.165) is 17.6 Å². The third-order valence-corrected chi connectivity index (χ3v) is 3.63. The third-order valence-electron chi connectivity index (χ3n) is 2.86. The molecule has 0 amide bonds. The molecule has 1 heterocycles. The lowest BCUT2D eigenvalue weighted by molar-refractivity contribution is 0.317. The van der Waals surface area contributed by atoms with Gasteiger partial charge in [0.05, 0.1) is 7.11 Å². The molecule has 3 nitrogen and oxygen atoms in total. The minimum absolute atomic E-state index is 0.650. The van der Waals surface area contributed by atoms with Gasteiger partial charge in [-0.05, 0) is 24.2 Å². The molecule has 0 aliphatic heterocycles. The molecule has 1 aromatic carbocycles. The van der Waals surface area contributed by atoms with Gasteiger partial charge in [-0.3, -0.25) is 4.90 Å². The van der Waals surface area contributed by atoms with E-state index in [1.807, 2.05) is 24.4 Å². The van der Waals surface area contributed by atoms with Gasteiger partial charge in [0.25, 0.3) is 0 Å². The Bertz CT molecular complexity index is 528. The van der Waals surface area contributed by atoms with Crippen LogP contribution in [0.15, 0.2) is 47.1 Å². The zero-order chi connectivity index (χ0) is 13.7. The van der Waals surface area contributed by atoms with Gasteiger partial charge >= 0.3 is 0 Å². The van der Waals surface area contributed by atoms with Gasteiger partial charge in [0.2, 0.25) is 5.88 Å². The second-order valence-corrected chi connectivity index (χ2v) is 5.33. The summed E-state index contributed by atoms with van der Waals surface area (Å²) in [5, 5.41) is 0. The summed E-state index contributed by atoms with van der Waals surface area (Å²) < 4.78 is 6.20. The maximum atomic E-state index is 5.05. The molecule has 0 N–H and O–H groups in total. The van der Waals surface area contributed by atoms with Crippen LogP contribution in [0.25, 0.3) is 0 Å². The first kappa shape index (κ1) is 14.0. The van der Waals surface area contributed by atoms with Gasteiger partial charge in [-0.15, -0.1) is 0 Å². The number of ether oxygens (including phenoxy) is 1. The molecule has 2 rings (SSSR count). The highest BCUT2D eigenvalue weighted by molar-refractivity contribution is 9.10. The van der Waals surface area contributed by atoms with Crippen LogP contribution >= 0.6 is 15.9 Å². The van der Waals surface area contributed by atoms with E-state index in [1.54, 1.807) is 7.11 Å². The Labute approximate surface area is 122 Å². The number of benzene rings is 1. The largest absolute Gasteiger partial charge is 0.481 e. The maximum absolute atomic E-state index is 5.05. The molecule has 1 aromatic heterocycles. The number of rotatable bonds is 5. The molecular weight excluding hydrogens is 304 g/mol. The van der Waals surface area contributed by atoms with Gasteiger partial charge in [-0.25, -0.2) is 4.98 Å². The van der Waals surface area contributed by atoms with E-state index in [-0.39, 0.29) is 0 Å². The van der Waals surface area contributed by atoms with Crippen molar-refractivity contribution in [1.82, 2.24) is 9.88 Å². The first-order valence-corrected chi connectivity index (χ1v) is 6.89. The number of hydrogen-bond acceptors (Lipinski definition) is 3. The summed E-state index contributed by atoms with van der Waals surface area (Å²) >= 11 is 3.57. The van der Waals surface area contributed by atoms with Crippen molar-refractivity contribution in [2.75, 3.05) is 14.2 Å². The molecule has 4 heteroatoms. The van der Waals surface area contributed by atoms with E-state index in [2.05, 4.69) is 51.1 Å². The molecule has 0 spiro atoms. The summed E-state index contributed by atoms with van der Waals surface area (Å²) in [5.41, 5.74) is 2.46. The first-order valence-electron chi connectivity index (χ1n) is 6.10. The van der Waals surface area contributed by atoms with Crippen LogP contribution in [-0.4, -0.2) is 24.0 Å². The molecule has 2 aromatic rings. The molecule has 100 valence electrons. The second-order valence-electron chi connectivity index (χ2n) is 4.47.